The number of likely N-dealkylation sites (tertiary alicyclic amines) is 2. The van der Waals surface area contributed by atoms with Gasteiger partial charge in [0.15, 0.2) is 0 Å². The standard InChI is InChI=1S/C14H23N3O3/c1-15-13(18)7-11-6-10-8-17(9-12(10)20-11)14(19)16-4-2-3-5-16/h10-12H,2-9H2,1H3,(H,15,18)/t10-,11+,12-/m1/s1. The summed E-state index contributed by atoms with van der Waals surface area (Å²) in [6, 6.07) is 0.170. The number of amides is 3. The predicted octanol–water partition coefficient (Wildman–Crippen LogP) is 0.428. The molecular weight excluding hydrogens is 258 g/mol. The van der Waals surface area contributed by atoms with E-state index in [2.05, 4.69) is 5.32 Å². The van der Waals surface area contributed by atoms with Gasteiger partial charge >= 0.3 is 6.03 Å². The fraction of sp³-hybridized carbons (Fsp3) is 0.857. The van der Waals surface area contributed by atoms with E-state index in [1.807, 2.05) is 9.80 Å². The molecule has 0 aliphatic carbocycles. The second kappa shape index (κ2) is 5.60. The lowest BCUT2D eigenvalue weighted by Gasteiger charge is -2.25. The summed E-state index contributed by atoms with van der Waals surface area (Å²) in [5.74, 6) is 0.427. The Morgan fingerprint density at radius 1 is 1.20 bits per heavy atom. The smallest absolute Gasteiger partial charge is 0.320 e. The minimum Gasteiger partial charge on any atom is -0.372 e. The van der Waals surface area contributed by atoms with E-state index in [0.717, 1.165) is 38.9 Å². The van der Waals surface area contributed by atoms with Gasteiger partial charge in [-0.25, -0.2) is 4.79 Å². The first-order valence-corrected chi connectivity index (χ1v) is 7.57. The van der Waals surface area contributed by atoms with Crippen LogP contribution < -0.4 is 5.32 Å². The number of hydrogen-bond donors (Lipinski definition) is 1. The van der Waals surface area contributed by atoms with Crippen LogP contribution in [0, 0.1) is 5.92 Å². The summed E-state index contributed by atoms with van der Waals surface area (Å²) in [4.78, 5) is 27.6. The number of nitrogens with zero attached hydrogens (tertiary/aromatic N) is 2. The van der Waals surface area contributed by atoms with E-state index >= 15 is 0 Å². The van der Waals surface area contributed by atoms with E-state index in [1.54, 1.807) is 7.05 Å². The van der Waals surface area contributed by atoms with E-state index in [4.69, 9.17) is 4.74 Å². The van der Waals surface area contributed by atoms with Crippen molar-refractivity contribution in [3.05, 3.63) is 0 Å². The van der Waals surface area contributed by atoms with Gasteiger partial charge in [0.05, 0.1) is 18.6 Å². The maximum atomic E-state index is 12.3. The van der Waals surface area contributed by atoms with Gasteiger partial charge in [-0.1, -0.05) is 0 Å². The van der Waals surface area contributed by atoms with Gasteiger partial charge in [-0.2, -0.15) is 0 Å². The molecule has 0 spiro atoms. The van der Waals surface area contributed by atoms with Crippen molar-refractivity contribution in [3.63, 3.8) is 0 Å². The van der Waals surface area contributed by atoms with E-state index < -0.39 is 0 Å². The van der Waals surface area contributed by atoms with Crippen molar-refractivity contribution >= 4 is 11.9 Å². The second-order valence-electron chi connectivity index (χ2n) is 6.05. The first-order valence-electron chi connectivity index (χ1n) is 7.57. The maximum Gasteiger partial charge on any atom is 0.320 e. The van der Waals surface area contributed by atoms with Crippen LogP contribution >= 0.6 is 0 Å². The molecule has 3 saturated heterocycles. The summed E-state index contributed by atoms with van der Waals surface area (Å²) in [6.07, 6.45) is 3.71. The van der Waals surface area contributed by atoms with Gasteiger partial charge in [0, 0.05) is 39.1 Å². The quantitative estimate of drug-likeness (QED) is 0.798. The van der Waals surface area contributed by atoms with Crippen molar-refractivity contribution in [2.45, 2.75) is 37.9 Å². The molecule has 0 unspecified atom stereocenters. The zero-order valence-corrected chi connectivity index (χ0v) is 12.0. The third-order valence-corrected chi connectivity index (χ3v) is 4.65. The van der Waals surface area contributed by atoms with Crippen LogP contribution in [-0.2, 0) is 9.53 Å². The molecule has 0 aromatic carbocycles. The van der Waals surface area contributed by atoms with Gasteiger partial charge in [-0.3, -0.25) is 4.79 Å². The first kappa shape index (κ1) is 13.7. The van der Waals surface area contributed by atoms with Crippen LogP contribution in [0.3, 0.4) is 0 Å². The van der Waals surface area contributed by atoms with Gasteiger partial charge in [0.1, 0.15) is 0 Å². The highest BCUT2D eigenvalue weighted by atomic mass is 16.5. The van der Waals surface area contributed by atoms with Crippen LogP contribution in [0.1, 0.15) is 25.7 Å². The molecule has 20 heavy (non-hydrogen) atoms. The van der Waals surface area contributed by atoms with Gasteiger partial charge in [-0.05, 0) is 19.3 Å². The molecule has 3 heterocycles. The largest absolute Gasteiger partial charge is 0.372 e. The highest BCUT2D eigenvalue weighted by molar-refractivity contribution is 5.76. The first-order chi connectivity index (χ1) is 9.67. The minimum atomic E-state index is 0.0222. The molecule has 0 radical (unpaired) electrons. The van der Waals surface area contributed by atoms with Crippen LogP contribution in [0.25, 0.3) is 0 Å². The topological polar surface area (TPSA) is 61.9 Å². The Morgan fingerprint density at radius 2 is 1.95 bits per heavy atom. The number of carbonyl (C=O) groups is 2. The normalized spacial score (nSPS) is 32.5. The van der Waals surface area contributed by atoms with E-state index in [9.17, 15) is 9.59 Å². The van der Waals surface area contributed by atoms with Crippen molar-refractivity contribution in [1.82, 2.24) is 15.1 Å². The highest BCUT2D eigenvalue weighted by Crippen LogP contribution is 2.34. The Labute approximate surface area is 119 Å². The van der Waals surface area contributed by atoms with Gasteiger partial charge < -0.3 is 19.9 Å². The van der Waals surface area contributed by atoms with Crippen molar-refractivity contribution in [2.75, 3.05) is 33.2 Å². The summed E-state index contributed by atoms with van der Waals surface area (Å²) in [7, 11) is 1.65. The predicted molar refractivity (Wildman–Crippen MR) is 73.2 cm³/mol. The molecule has 0 aromatic rings. The third kappa shape index (κ3) is 2.61. The highest BCUT2D eigenvalue weighted by Gasteiger charge is 2.44. The SMILES string of the molecule is CNC(=O)C[C@@H]1C[C@@H]2CN(C(=O)N3CCCC3)C[C@H]2O1. The Balaban J connectivity index is 1.50. The van der Waals surface area contributed by atoms with E-state index in [0.29, 0.717) is 18.9 Å². The van der Waals surface area contributed by atoms with Gasteiger partial charge in [-0.15, -0.1) is 0 Å². The Kier molecular flexibility index (Phi) is 3.83. The third-order valence-electron chi connectivity index (χ3n) is 4.65. The molecule has 3 amide bonds. The number of rotatable bonds is 2. The summed E-state index contributed by atoms with van der Waals surface area (Å²) < 4.78 is 5.93. The summed E-state index contributed by atoms with van der Waals surface area (Å²) in [5, 5.41) is 2.63. The van der Waals surface area contributed by atoms with Crippen molar-refractivity contribution < 1.29 is 14.3 Å². The molecule has 3 aliphatic heterocycles. The van der Waals surface area contributed by atoms with Gasteiger partial charge in [0.25, 0.3) is 0 Å². The summed E-state index contributed by atoms with van der Waals surface area (Å²) in [6.45, 7) is 3.25. The lowest BCUT2D eigenvalue weighted by molar-refractivity contribution is -0.123. The van der Waals surface area contributed by atoms with Crippen molar-refractivity contribution in [3.8, 4) is 0 Å². The number of urea groups is 1. The van der Waals surface area contributed by atoms with E-state index in [-0.39, 0.29) is 24.1 Å². The molecule has 3 atom stereocenters. The average molecular weight is 281 g/mol. The Hall–Kier alpha value is -1.30. The second-order valence-corrected chi connectivity index (χ2v) is 6.05. The molecule has 1 N–H and O–H groups in total. The molecule has 3 aliphatic rings. The van der Waals surface area contributed by atoms with Crippen molar-refractivity contribution in [1.29, 1.82) is 0 Å². The number of carbonyl (C=O) groups excluding carboxylic acids is 2. The van der Waals surface area contributed by atoms with Crippen LogP contribution in [0.5, 0.6) is 0 Å². The minimum absolute atomic E-state index is 0.0222. The molecule has 112 valence electrons. The monoisotopic (exact) mass is 281 g/mol. The molecule has 3 rings (SSSR count). The van der Waals surface area contributed by atoms with Crippen LogP contribution in [0.2, 0.25) is 0 Å². The lowest BCUT2D eigenvalue weighted by Crippen LogP contribution is -2.41. The molecule has 0 saturated carbocycles. The summed E-state index contributed by atoms with van der Waals surface area (Å²) in [5.41, 5.74) is 0. The lowest BCUT2D eigenvalue weighted by atomic mass is 10.0. The molecular formula is C14H23N3O3. The number of ether oxygens (including phenoxy) is 1. The number of nitrogens with one attached hydrogen (secondary N) is 1. The van der Waals surface area contributed by atoms with Gasteiger partial charge in [0.2, 0.25) is 5.91 Å². The Morgan fingerprint density at radius 3 is 2.60 bits per heavy atom. The molecule has 0 bridgehead atoms. The summed E-state index contributed by atoms with van der Waals surface area (Å²) >= 11 is 0. The molecule has 0 aromatic heterocycles. The molecule has 6 nitrogen and oxygen atoms in total. The zero-order chi connectivity index (χ0) is 14.1. The average Bonchev–Trinajstić information content (AvgIpc) is 3.12. The van der Waals surface area contributed by atoms with Crippen molar-refractivity contribution in [2.24, 2.45) is 5.92 Å². The van der Waals surface area contributed by atoms with Crippen LogP contribution in [0.15, 0.2) is 0 Å². The number of hydrogen-bond acceptors (Lipinski definition) is 3. The fourth-order valence-electron chi connectivity index (χ4n) is 3.57. The maximum absolute atomic E-state index is 12.3. The van der Waals surface area contributed by atoms with Crippen LogP contribution in [0.4, 0.5) is 4.79 Å². The number of fused-ring (bicyclic) bond motifs is 1. The van der Waals surface area contributed by atoms with E-state index in [1.165, 1.54) is 0 Å². The molecule has 3 fully saturated rings. The molecule has 6 heteroatoms. The Bertz CT molecular complexity index is 381. The fourth-order valence-corrected chi connectivity index (χ4v) is 3.57. The van der Waals surface area contributed by atoms with Crippen LogP contribution in [-0.4, -0.2) is 67.2 Å². The zero-order valence-electron chi connectivity index (χ0n) is 12.0.